The van der Waals surface area contributed by atoms with Gasteiger partial charge in [-0.3, -0.25) is 0 Å². The number of carbonyl (C=O) groups excluding carboxylic acids is 1. The highest BCUT2D eigenvalue weighted by atomic mass is 32.1. The van der Waals surface area contributed by atoms with Crippen molar-refractivity contribution in [3.8, 4) is 0 Å². The molecule has 4 N–H and O–H groups in total. The van der Waals surface area contributed by atoms with Crippen LogP contribution in [0.2, 0.25) is 0 Å². The summed E-state index contributed by atoms with van der Waals surface area (Å²) in [6.45, 7) is 1.23. The number of aliphatic hydroxyl groups is 1. The lowest BCUT2D eigenvalue weighted by molar-refractivity contribution is -0.140. The molecule has 2 atom stereocenters. The second kappa shape index (κ2) is 6.92. The van der Waals surface area contributed by atoms with Crippen LogP contribution in [0.3, 0.4) is 0 Å². The maximum atomic E-state index is 11.6. The van der Waals surface area contributed by atoms with Crippen LogP contribution in [0.1, 0.15) is 24.4 Å². The zero-order valence-electron chi connectivity index (χ0n) is 9.79. The number of nitrogens with one attached hydrogen (secondary N) is 2. The van der Waals surface area contributed by atoms with Crippen molar-refractivity contribution in [1.29, 1.82) is 0 Å². The fourth-order valence-electron chi connectivity index (χ4n) is 1.29. The minimum absolute atomic E-state index is 0.266. The van der Waals surface area contributed by atoms with E-state index < -0.39 is 24.6 Å². The molecule has 1 unspecified atom stereocenters. The largest absolute Gasteiger partial charge is 0.480 e. The van der Waals surface area contributed by atoms with E-state index in [1.54, 1.807) is 11.6 Å². The Morgan fingerprint density at radius 1 is 1.50 bits per heavy atom. The second-order valence-electron chi connectivity index (χ2n) is 3.52. The van der Waals surface area contributed by atoms with Crippen LogP contribution in [-0.4, -0.2) is 39.8 Å². The van der Waals surface area contributed by atoms with Gasteiger partial charge in [-0.1, -0.05) is 6.92 Å². The lowest BCUT2D eigenvalue weighted by atomic mass is 10.2. The molecule has 8 heteroatoms. The maximum absolute atomic E-state index is 11.6. The number of amides is 2. The lowest BCUT2D eigenvalue weighted by Crippen LogP contribution is -2.48. The number of aliphatic carboxylic acids is 1. The monoisotopic (exact) mass is 273 g/mol. The van der Waals surface area contributed by atoms with Crippen LogP contribution in [0, 0.1) is 0 Å². The Morgan fingerprint density at radius 3 is 2.67 bits per heavy atom. The first-order chi connectivity index (χ1) is 8.58. The third-order valence-electron chi connectivity index (χ3n) is 2.25. The Bertz CT molecular complexity index is 396. The van der Waals surface area contributed by atoms with Crippen molar-refractivity contribution in [2.45, 2.75) is 25.4 Å². The minimum atomic E-state index is -1.31. The van der Waals surface area contributed by atoms with Gasteiger partial charge in [-0.15, -0.1) is 11.3 Å². The molecular formula is C10H15N3O4S. The predicted octanol–water partition coefficient (Wildman–Crippen LogP) is 0.339. The van der Waals surface area contributed by atoms with E-state index in [-0.39, 0.29) is 6.04 Å². The summed E-state index contributed by atoms with van der Waals surface area (Å²) in [5, 5.41) is 24.8. The minimum Gasteiger partial charge on any atom is -0.480 e. The van der Waals surface area contributed by atoms with Crippen LogP contribution >= 0.6 is 11.3 Å². The molecule has 0 aliphatic heterocycles. The molecule has 100 valence electrons. The Balaban J connectivity index is 2.55. The number of aromatic nitrogens is 1. The summed E-state index contributed by atoms with van der Waals surface area (Å²) in [5.74, 6) is -1.28. The number of carbonyl (C=O) groups is 2. The summed E-state index contributed by atoms with van der Waals surface area (Å²) < 4.78 is 0. The van der Waals surface area contributed by atoms with Crippen LogP contribution in [0.4, 0.5) is 4.79 Å². The zero-order valence-corrected chi connectivity index (χ0v) is 10.6. The van der Waals surface area contributed by atoms with Gasteiger partial charge in [-0.2, -0.15) is 0 Å². The Kier molecular flexibility index (Phi) is 5.53. The van der Waals surface area contributed by atoms with E-state index >= 15 is 0 Å². The van der Waals surface area contributed by atoms with Crippen molar-refractivity contribution in [1.82, 2.24) is 15.6 Å². The number of thiazole rings is 1. The molecule has 0 bridgehead atoms. The predicted molar refractivity (Wildman–Crippen MR) is 65.3 cm³/mol. The van der Waals surface area contributed by atoms with E-state index in [4.69, 9.17) is 10.2 Å². The van der Waals surface area contributed by atoms with Gasteiger partial charge in [0.05, 0.1) is 12.6 Å². The summed E-state index contributed by atoms with van der Waals surface area (Å²) in [7, 11) is 0. The van der Waals surface area contributed by atoms with Crippen molar-refractivity contribution >= 4 is 23.3 Å². The van der Waals surface area contributed by atoms with E-state index in [1.807, 2.05) is 6.92 Å². The number of hydrogen-bond acceptors (Lipinski definition) is 5. The van der Waals surface area contributed by atoms with Gasteiger partial charge in [0.25, 0.3) is 0 Å². The molecule has 7 nitrogen and oxygen atoms in total. The standard InChI is InChI=1S/C10H15N3O4S/c1-2-6(8-11-3-4-18-8)12-10(17)13-7(5-14)9(15)16/h3-4,6-7,14H,2,5H2,1H3,(H,15,16)(H2,12,13,17)/t6?,7-/m0/s1. The molecule has 0 saturated heterocycles. The summed E-state index contributed by atoms with van der Waals surface area (Å²) in [5.41, 5.74) is 0. The molecule has 1 aromatic heterocycles. The van der Waals surface area contributed by atoms with Crippen LogP contribution in [-0.2, 0) is 4.79 Å². The van der Waals surface area contributed by atoms with Gasteiger partial charge in [0, 0.05) is 11.6 Å². The Labute approximate surface area is 108 Å². The van der Waals surface area contributed by atoms with Gasteiger partial charge >= 0.3 is 12.0 Å². The fraction of sp³-hybridized carbons (Fsp3) is 0.500. The van der Waals surface area contributed by atoms with E-state index in [0.29, 0.717) is 6.42 Å². The van der Waals surface area contributed by atoms with E-state index in [2.05, 4.69) is 15.6 Å². The molecule has 1 heterocycles. The zero-order chi connectivity index (χ0) is 13.5. The van der Waals surface area contributed by atoms with Crippen molar-refractivity contribution in [3.05, 3.63) is 16.6 Å². The number of nitrogens with zero attached hydrogens (tertiary/aromatic N) is 1. The smallest absolute Gasteiger partial charge is 0.328 e. The second-order valence-corrected chi connectivity index (χ2v) is 4.45. The molecule has 1 aromatic rings. The first kappa shape index (κ1) is 14.4. The highest BCUT2D eigenvalue weighted by Crippen LogP contribution is 2.18. The Hall–Kier alpha value is -1.67. The third-order valence-corrected chi connectivity index (χ3v) is 3.14. The number of aliphatic hydroxyl groups excluding tert-OH is 1. The highest BCUT2D eigenvalue weighted by Gasteiger charge is 2.21. The van der Waals surface area contributed by atoms with Gasteiger partial charge < -0.3 is 20.8 Å². The molecule has 18 heavy (non-hydrogen) atoms. The summed E-state index contributed by atoms with van der Waals surface area (Å²) in [6, 6.07) is -2.21. The molecule has 0 saturated carbocycles. The topological polar surface area (TPSA) is 112 Å². The number of urea groups is 1. The highest BCUT2D eigenvalue weighted by molar-refractivity contribution is 7.09. The average molecular weight is 273 g/mol. The van der Waals surface area contributed by atoms with Gasteiger partial charge in [-0.05, 0) is 6.42 Å². The lowest BCUT2D eigenvalue weighted by Gasteiger charge is -2.17. The molecule has 0 spiro atoms. The molecule has 0 aliphatic rings. The van der Waals surface area contributed by atoms with Crippen LogP contribution < -0.4 is 10.6 Å². The first-order valence-corrected chi connectivity index (χ1v) is 6.26. The molecule has 0 aliphatic carbocycles. The van der Waals surface area contributed by atoms with Gasteiger partial charge in [0.2, 0.25) is 0 Å². The quantitative estimate of drug-likeness (QED) is 0.597. The summed E-state index contributed by atoms with van der Waals surface area (Å²) >= 11 is 1.41. The average Bonchev–Trinajstić information content (AvgIpc) is 2.86. The fourth-order valence-corrected chi connectivity index (χ4v) is 2.06. The van der Waals surface area contributed by atoms with Gasteiger partial charge in [0.1, 0.15) is 5.01 Å². The molecule has 0 radical (unpaired) electrons. The number of carboxylic acids is 1. The van der Waals surface area contributed by atoms with Crippen LogP contribution in [0.25, 0.3) is 0 Å². The third kappa shape index (κ3) is 3.97. The van der Waals surface area contributed by atoms with Crippen molar-refractivity contribution in [2.75, 3.05) is 6.61 Å². The SMILES string of the molecule is CCC(NC(=O)N[C@@H](CO)C(=O)O)c1nccs1. The van der Waals surface area contributed by atoms with Gasteiger partial charge in [-0.25, -0.2) is 14.6 Å². The van der Waals surface area contributed by atoms with Gasteiger partial charge in [0.15, 0.2) is 6.04 Å². The van der Waals surface area contributed by atoms with Crippen molar-refractivity contribution < 1.29 is 19.8 Å². The number of carboxylic acid groups (broad SMARTS) is 1. The van der Waals surface area contributed by atoms with E-state index in [9.17, 15) is 9.59 Å². The van der Waals surface area contributed by atoms with Crippen LogP contribution in [0.15, 0.2) is 11.6 Å². The maximum Gasteiger partial charge on any atom is 0.328 e. The number of rotatable bonds is 6. The molecule has 0 fully saturated rings. The van der Waals surface area contributed by atoms with Crippen LogP contribution in [0.5, 0.6) is 0 Å². The Morgan fingerprint density at radius 2 is 2.22 bits per heavy atom. The molecule has 2 amide bonds. The molecular weight excluding hydrogens is 258 g/mol. The molecule has 1 rings (SSSR count). The summed E-state index contributed by atoms with van der Waals surface area (Å²) in [4.78, 5) is 26.3. The van der Waals surface area contributed by atoms with E-state index in [1.165, 1.54) is 11.3 Å². The first-order valence-electron chi connectivity index (χ1n) is 5.38. The van der Waals surface area contributed by atoms with Crippen molar-refractivity contribution in [2.24, 2.45) is 0 Å². The normalized spacial score (nSPS) is 13.7. The number of hydrogen-bond donors (Lipinski definition) is 4. The summed E-state index contributed by atoms with van der Waals surface area (Å²) in [6.07, 6.45) is 2.27. The molecule has 0 aromatic carbocycles. The van der Waals surface area contributed by atoms with Crippen molar-refractivity contribution in [3.63, 3.8) is 0 Å². The van der Waals surface area contributed by atoms with E-state index in [0.717, 1.165) is 5.01 Å².